The fourth-order valence-corrected chi connectivity index (χ4v) is 4.06. The van der Waals surface area contributed by atoms with E-state index in [1.165, 1.54) is 0 Å². The molecule has 7 heteroatoms. The molecule has 1 aliphatic rings. The van der Waals surface area contributed by atoms with Crippen molar-refractivity contribution in [3.05, 3.63) is 74.7 Å². The van der Waals surface area contributed by atoms with E-state index >= 15 is 0 Å². The van der Waals surface area contributed by atoms with Gasteiger partial charge in [0.25, 0.3) is 5.91 Å². The normalized spacial score (nSPS) is 15.7. The Labute approximate surface area is 166 Å². The van der Waals surface area contributed by atoms with Gasteiger partial charge in [0.05, 0.1) is 30.6 Å². The van der Waals surface area contributed by atoms with Gasteiger partial charge in [0.15, 0.2) is 0 Å². The highest BCUT2D eigenvalue weighted by Crippen LogP contribution is 2.38. The summed E-state index contributed by atoms with van der Waals surface area (Å²) in [5, 5.41) is 6.08. The monoisotopic (exact) mass is 399 g/mol. The van der Waals surface area contributed by atoms with Gasteiger partial charge in [0, 0.05) is 22.2 Å². The first-order valence-electron chi connectivity index (χ1n) is 8.47. The SMILES string of the molecule is COc1cc(Cl)c(C)cc1N[C@@H]1c2ncccc2C(=O)N1Cc1cccs1. The summed E-state index contributed by atoms with van der Waals surface area (Å²) in [6, 6.07) is 11.3. The number of nitrogens with one attached hydrogen (secondary N) is 1. The minimum Gasteiger partial charge on any atom is -0.495 e. The molecule has 0 saturated carbocycles. The number of aromatic nitrogens is 1. The number of thiophene rings is 1. The smallest absolute Gasteiger partial charge is 0.258 e. The molecule has 0 bridgehead atoms. The van der Waals surface area contributed by atoms with Crippen molar-refractivity contribution in [2.45, 2.75) is 19.6 Å². The van der Waals surface area contributed by atoms with Gasteiger partial charge < -0.3 is 15.0 Å². The summed E-state index contributed by atoms with van der Waals surface area (Å²) >= 11 is 7.85. The van der Waals surface area contributed by atoms with Crippen LogP contribution < -0.4 is 10.1 Å². The van der Waals surface area contributed by atoms with Crippen molar-refractivity contribution in [3.8, 4) is 5.75 Å². The number of aryl methyl sites for hydroxylation is 1. The number of ether oxygens (including phenoxy) is 1. The number of carbonyl (C=O) groups is 1. The number of hydrogen-bond donors (Lipinski definition) is 1. The molecule has 3 heterocycles. The van der Waals surface area contributed by atoms with Crippen LogP contribution in [0.2, 0.25) is 5.02 Å². The van der Waals surface area contributed by atoms with Crippen LogP contribution in [0.3, 0.4) is 0 Å². The van der Waals surface area contributed by atoms with Crippen molar-refractivity contribution in [3.63, 3.8) is 0 Å². The number of rotatable bonds is 5. The third-order valence-corrected chi connectivity index (χ3v) is 5.85. The number of pyridine rings is 1. The summed E-state index contributed by atoms with van der Waals surface area (Å²) in [6.45, 7) is 2.45. The largest absolute Gasteiger partial charge is 0.495 e. The molecule has 0 spiro atoms. The molecule has 1 amide bonds. The highest BCUT2D eigenvalue weighted by molar-refractivity contribution is 7.09. The third-order valence-electron chi connectivity index (χ3n) is 4.58. The lowest BCUT2D eigenvalue weighted by Crippen LogP contribution is -2.32. The van der Waals surface area contributed by atoms with E-state index in [1.54, 1.807) is 41.7 Å². The van der Waals surface area contributed by atoms with Crippen LogP contribution in [0.1, 0.15) is 32.7 Å². The van der Waals surface area contributed by atoms with E-state index in [2.05, 4.69) is 10.3 Å². The maximum atomic E-state index is 13.0. The lowest BCUT2D eigenvalue weighted by molar-refractivity contribution is 0.0729. The van der Waals surface area contributed by atoms with Gasteiger partial charge in [-0.3, -0.25) is 9.78 Å². The first kappa shape index (κ1) is 17.8. The van der Waals surface area contributed by atoms with Gasteiger partial charge in [0.1, 0.15) is 11.9 Å². The maximum Gasteiger partial charge on any atom is 0.258 e. The number of methoxy groups -OCH3 is 1. The molecule has 0 aliphatic carbocycles. The molecular weight excluding hydrogens is 382 g/mol. The number of hydrogen-bond acceptors (Lipinski definition) is 5. The molecule has 0 unspecified atom stereocenters. The second-order valence-electron chi connectivity index (χ2n) is 6.30. The Kier molecular flexibility index (Phi) is 4.76. The molecule has 4 rings (SSSR count). The van der Waals surface area contributed by atoms with Gasteiger partial charge in [0.2, 0.25) is 0 Å². The van der Waals surface area contributed by atoms with Crippen LogP contribution in [0.4, 0.5) is 5.69 Å². The number of anilines is 1. The van der Waals surface area contributed by atoms with E-state index in [4.69, 9.17) is 16.3 Å². The van der Waals surface area contributed by atoms with E-state index in [9.17, 15) is 4.79 Å². The minimum atomic E-state index is -0.384. The number of nitrogens with zero attached hydrogens (tertiary/aromatic N) is 2. The summed E-state index contributed by atoms with van der Waals surface area (Å²) < 4.78 is 5.48. The minimum absolute atomic E-state index is 0.0337. The van der Waals surface area contributed by atoms with Crippen LogP contribution in [0.15, 0.2) is 48.0 Å². The molecule has 1 atom stereocenters. The summed E-state index contributed by atoms with van der Waals surface area (Å²) in [6.07, 6.45) is 1.32. The highest BCUT2D eigenvalue weighted by Gasteiger charge is 2.38. The number of carbonyl (C=O) groups excluding carboxylic acids is 1. The first-order chi connectivity index (χ1) is 13.1. The maximum absolute atomic E-state index is 13.0. The van der Waals surface area contributed by atoms with Crippen molar-refractivity contribution in [2.75, 3.05) is 12.4 Å². The van der Waals surface area contributed by atoms with Crippen LogP contribution in [-0.4, -0.2) is 22.9 Å². The van der Waals surface area contributed by atoms with E-state index in [-0.39, 0.29) is 12.1 Å². The molecule has 0 radical (unpaired) electrons. The second kappa shape index (κ2) is 7.21. The molecule has 1 aliphatic heterocycles. The van der Waals surface area contributed by atoms with Crippen molar-refractivity contribution in [1.82, 2.24) is 9.88 Å². The van der Waals surface area contributed by atoms with Crippen LogP contribution in [0, 0.1) is 6.92 Å². The molecule has 27 heavy (non-hydrogen) atoms. The number of halogens is 1. The van der Waals surface area contributed by atoms with Crippen molar-refractivity contribution < 1.29 is 9.53 Å². The number of fused-ring (bicyclic) bond motifs is 1. The molecule has 138 valence electrons. The van der Waals surface area contributed by atoms with Gasteiger partial charge in [-0.15, -0.1) is 11.3 Å². The summed E-state index contributed by atoms with van der Waals surface area (Å²) in [5.41, 5.74) is 3.03. The van der Waals surface area contributed by atoms with Gasteiger partial charge >= 0.3 is 0 Å². The third kappa shape index (κ3) is 3.26. The molecular formula is C20H18ClN3O2S. The lowest BCUT2D eigenvalue weighted by Gasteiger charge is -2.27. The van der Waals surface area contributed by atoms with E-state index in [0.717, 1.165) is 16.1 Å². The van der Waals surface area contributed by atoms with Crippen LogP contribution in [-0.2, 0) is 6.54 Å². The Balaban J connectivity index is 1.74. The Morgan fingerprint density at radius 2 is 2.19 bits per heavy atom. The lowest BCUT2D eigenvalue weighted by atomic mass is 10.1. The van der Waals surface area contributed by atoms with E-state index < -0.39 is 0 Å². The Morgan fingerprint density at radius 3 is 2.93 bits per heavy atom. The Bertz CT molecular complexity index is 991. The standard InChI is InChI=1S/C20H18ClN3O2S/c1-12-9-16(17(26-2)10-15(12)21)23-19-18-14(6-3-7-22-18)20(25)24(19)11-13-5-4-8-27-13/h3-10,19,23H,11H2,1-2H3/t19-/m0/s1. The average Bonchev–Trinajstić information content (AvgIpc) is 3.27. The summed E-state index contributed by atoms with van der Waals surface area (Å²) in [5.74, 6) is 0.590. The van der Waals surface area contributed by atoms with E-state index in [0.29, 0.717) is 28.6 Å². The highest BCUT2D eigenvalue weighted by atomic mass is 35.5. The molecule has 0 saturated heterocycles. The van der Waals surface area contributed by atoms with Crippen molar-refractivity contribution >= 4 is 34.5 Å². The number of benzene rings is 1. The molecule has 1 N–H and O–H groups in total. The molecule has 3 aromatic rings. The van der Waals surface area contributed by atoms with Crippen molar-refractivity contribution in [1.29, 1.82) is 0 Å². The number of amides is 1. The summed E-state index contributed by atoms with van der Waals surface area (Å²) in [7, 11) is 1.60. The van der Waals surface area contributed by atoms with Crippen LogP contribution in [0.5, 0.6) is 5.75 Å². The first-order valence-corrected chi connectivity index (χ1v) is 9.73. The molecule has 2 aromatic heterocycles. The fraction of sp³-hybridized carbons (Fsp3) is 0.200. The van der Waals surface area contributed by atoms with Crippen LogP contribution >= 0.6 is 22.9 Å². The fourth-order valence-electron chi connectivity index (χ4n) is 3.21. The quantitative estimate of drug-likeness (QED) is 0.664. The Morgan fingerprint density at radius 1 is 1.33 bits per heavy atom. The van der Waals surface area contributed by atoms with Gasteiger partial charge in [-0.1, -0.05) is 17.7 Å². The Hall–Kier alpha value is -2.57. The molecule has 1 aromatic carbocycles. The van der Waals surface area contributed by atoms with Gasteiger partial charge in [-0.05, 0) is 42.1 Å². The average molecular weight is 400 g/mol. The van der Waals surface area contributed by atoms with Gasteiger partial charge in [-0.25, -0.2) is 0 Å². The molecule has 0 fully saturated rings. The predicted octanol–water partition coefficient (Wildman–Crippen LogP) is 4.88. The molecule has 5 nitrogen and oxygen atoms in total. The van der Waals surface area contributed by atoms with Crippen LogP contribution in [0.25, 0.3) is 0 Å². The zero-order valence-corrected chi connectivity index (χ0v) is 16.5. The zero-order chi connectivity index (χ0) is 19.0. The zero-order valence-electron chi connectivity index (χ0n) is 14.9. The van der Waals surface area contributed by atoms with Gasteiger partial charge in [-0.2, -0.15) is 0 Å². The van der Waals surface area contributed by atoms with E-state index in [1.807, 2.05) is 36.6 Å². The topological polar surface area (TPSA) is 54.5 Å². The summed E-state index contributed by atoms with van der Waals surface area (Å²) in [4.78, 5) is 20.4. The van der Waals surface area contributed by atoms with Crippen molar-refractivity contribution in [2.24, 2.45) is 0 Å². The predicted molar refractivity (Wildman–Crippen MR) is 108 cm³/mol. The second-order valence-corrected chi connectivity index (χ2v) is 7.74.